The van der Waals surface area contributed by atoms with Gasteiger partial charge >= 0.3 is 0 Å². The van der Waals surface area contributed by atoms with Crippen molar-refractivity contribution >= 4 is 5.91 Å². The molecule has 28 heavy (non-hydrogen) atoms. The summed E-state index contributed by atoms with van der Waals surface area (Å²) in [6.45, 7) is 1.31. The predicted molar refractivity (Wildman–Crippen MR) is 107 cm³/mol. The molecular formula is C23H23N3O2. The molecule has 2 heterocycles. The summed E-state index contributed by atoms with van der Waals surface area (Å²) in [4.78, 5) is 23.7. The molecule has 0 saturated carbocycles. The summed E-state index contributed by atoms with van der Waals surface area (Å²) in [5, 5.41) is 0. The Morgan fingerprint density at radius 2 is 1.68 bits per heavy atom. The first-order chi connectivity index (χ1) is 13.8. The predicted octanol–water partition coefficient (Wildman–Crippen LogP) is 3.68. The highest BCUT2D eigenvalue weighted by Gasteiger charge is 2.31. The summed E-state index contributed by atoms with van der Waals surface area (Å²) in [5.41, 5.74) is 2.02. The Hall–Kier alpha value is -3.21. The number of hydrogen-bond acceptors (Lipinski definition) is 4. The van der Waals surface area contributed by atoms with Crippen LogP contribution in [-0.2, 0) is 4.79 Å². The van der Waals surface area contributed by atoms with Gasteiger partial charge in [0.15, 0.2) is 0 Å². The first-order valence-electron chi connectivity index (χ1n) is 9.62. The molecule has 1 aliphatic heterocycles. The Labute approximate surface area is 165 Å². The SMILES string of the molecule is O=C(C(c1ccccc1)c1ccccc1)N1CCCC(Oc2cnccn2)C1. The van der Waals surface area contributed by atoms with E-state index in [-0.39, 0.29) is 17.9 Å². The largest absolute Gasteiger partial charge is 0.471 e. The fraction of sp³-hybridized carbons (Fsp3) is 0.261. The van der Waals surface area contributed by atoms with Gasteiger partial charge in [0, 0.05) is 18.9 Å². The topological polar surface area (TPSA) is 55.3 Å². The van der Waals surface area contributed by atoms with Crippen LogP contribution in [0.4, 0.5) is 0 Å². The van der Waals surface area contributed by atoms with E-state index in [0.29, 0.717) is 12.4 Å². The van der Waals surface area contributed by atoms with Gasteiger partial charge in [-0.05, 0) is 24.0 Å². The number of aromatic nitrogens is 2. The van der Waals surface area contributed by atoms with Crippen molar-refractivity contribution in [1.82, 2.24) is 14.9 Å². The molecule has 2 aromatic carbocycles. The average Bonchev–Trinajstić information content (AvgIpc) is 2.76. The number of piperidine rings is 1. The van der Waals surface area contributed by atoms with E-state index in [1.54, 1.807) is 18.6 Å². The van der Waals surface area contributed by atoms with Gasteiger partial charge in [0.2, 0.25) is 11.8 Å². The lowest BCUT2D eigenvalue weighted by atomic mass is 9.89. The third-order valence-corrected chi connectivity index (χ3v) is 5.03. The Morgan fingerprint density at radius 1 is 1.00 bits per heavy atom. The number of rotatable bonds is 5. The minimum atomic E-state index is -0.308. The standard InChI is InChI=1S/C23H23N3O2/c27-23(22(18-8-3-1-4-9-18)19-10-5-2-6-11-19)26-15-7-12-20(17-26)28-21-16-24-13-14-25-21/h1-6,8-11,13-14,16,20,22H,7,12,15,17H2. The summed E-state index contributed by atoms with van der Waals surface area (Å²) >= 11 is 0. The molecule has 0 radical (unpaired) electrons. The van der Waals surface area contributed by atoms with E-state index in [9.17, 15) is 4.79 Å². The summed E-state index contributed by atoms with van der Waals surface area (Å²) in [5.74, 6) is 0.312. The van der Waals surface area contributed by atoms with E-state index in [0.717, 1.165) is 30.5 Å². The number of carbonyl (C=O) groups is 1. The minimum Gasteiger partial charge on any atom is -0.471 e. The van der Waals surface area contributed by atoms with Crippen molar-refractivity contribution < 1.29 is 9.53 Å². The molecule has 1 fully saturated rings. The molecule has 1 unspecified atom stereocenters. The first kappa shape index (κ1) is 18.2. The Morgan fingerprint density at radius 3 is 2.29 bits per heavy atom. The van der Waals surface area contributed by atoms with Crippen molar-refractivity contribution in [1.29, 1.82) is 0 Å². The van der Waals surface area contributed by atoms with Crippen LogP contribution in [0.25, 0.3) is 0 Å². The van der Waals surface area contributed by atoms with Gasteiger partial charge in [0.25, 0.3) is 0 Å². The van der Waals surface area contributed by atoms with Gasteiger partial charge < -0.3 is 9.64 Å². The molecule has 1 saturated heterocycles. The zero-order valence-corrected chi connectivity index (χ0v) is 15.6. The third-order valence-electron chi connectivity index (χ3n) is 5.03. The second-order valence-corrected chi connectivity index (χ2v) is 6.96. The van der Waals surface area contributed by atoms with Crippen LogP contribution >= 0.6 is 0 Å². The second kappa shape index (κ2) is 8.65. The van der Waals surface area contributed by atoms with Crippen LogP contribution in [0.3, 0.4) is 0 Å². The van der Waals surface area contributed by atoms with Crippen molar-refractivity contribution in [3.05, 3.63) is 90.4 Å². The number of amides is 1. The smallest absolute Gasteiger partial charge is 0.234 e. The van der Waals surface area contributed by atoms with Gasteiger partial charge in [0.05, 0.1) is 18.7 Å². The van der Waals surface area contributed by atoms with E-state index in [1.165, 1.54) is 0 Å². The lowest BCUT2D eigenvalue weighted by Gasteiger charge is -2.35. The Kier molecular flexibility index (Phi) is 5.61. The molecular weight excluding hydrogens is 350 g/mol. The summed E-state index contributed by atoms with van der Waals surface area (Å²) in [7, 11) is 0. The molecule has 0 aliphatic carbocycles. The van der Waals surface area contributed by atoms with Crippen molar-refractivity contribution in [3.8, 4) is 5.88 Å². The summed E-state index contributed by atoms with van der Waals surface area (Å²) in [6, 6.07) is 20.0. The average molecular weight is 373 g/mol. The Bertz CT molecular complexity index is 848. The molecule has 0 N–H and O–H groups in total. The van der Waals surface area contributed by atoms with E-state index < -0.39 is 0 Å². The number of ether oxygens (including phenoxy) is 1. The van der Waals surface area contributed by atoms with Crippen molar-refractivity contribution in [2.24, 2.45) is 0 Å². The normalized spacial score (nSPS) is 16.8. The number of hydrogen-bond donors (Lipinski definition) is 0. The zero-order valence-electron chi connectivity index (χ0n) is 15.6. The first-order valence-corrected chi connectivity index (χ1v) is 9.62. The van der Waals surface area contributed by atoms with Crippen LogP contribution in [0.1, 0.15) is 29.9 Å². The molecule has 142 valence electrons. The second-order valence-electron chi connectivity index (χ2n) is 6.96. The number of nitrogens with zero attached hydrogens (tertiary/aromatic N) is 3. The lowest BCUT2D eigenvalue weighted by molar-refractivity contribution is -0.134. The molecule has 1 atom stereocenters. The highest BCUT2D eigenvalue weighted by atomic mass is 16.5. The number of carbonyl (C=O) groups excluding carboxylic acids is 1. The maximum atomic E-state index is 13.5. The van der Waals surface area contributed by atoms with Crippen LogP contribution in [-0.4, -0.2) is 40.0 Å². The minimum absolute atomic E-state index is 0.0680. The maximum absolute atomic E-state index is 13.5. The van der Waals surface area contributed by atoms with Gasteiger partial charge in [-0.15, -0.1) is 0 Å². The van der Waals surface area contributed by atoms with Crippen LogP contribution in [0.2, 0.25) is 0 Å². The maximum Gasteiger partial charge on any atom is 0.234 e. The number of likely N-dealkylation sites (tertiary alicyclic amines) is 1. The molecule has 5 nitrogen and oxygen atoms in total. The monoisotopic (exact) mass is 373 g/mol. The molecule has 5 heteroatoms. The molecule has 1 aromatic heterocycles. The van der Waals surface area contributed by atoms with Crippen molar-refractivity contribution in [2.45, 2.75) is 24.9 Å². The van der Waals surface area contributed by atoms with Crippen molar-refractivity contribution in [3.63, 3.8) is 0 Å². The van der Waals surface area contributed by atoms with Gasteiger partial charge in [-0.3, -0.25) is 9.78 Å². The summed E-state index contributed by atoms with van der Waals surface area (Å²) in [6.07, 6.45) is 6.59. The van der Waals surface area contributed by atoms with Crippen LogP contribution in [0, 0.1) is 0 Å². The van der Waals surface area contributed by atoms with Crippen molar-refractivity contribution in [2.75, 3.05) is 13.1 Å². The fourth-order valence-electron chi connectivity index (χ4n) is 3.70. The third kappa shape index (κ3) is 4.19. The quantitative estimate of drug-likeness (QED) is 0.685. The molecule has 4 rings (SSSR count). The lowest BCUT2D eigenvalue weighted by Crippen LogP contribution is -2.46. The molecule has 1 aliphatic rings. The van der Waals surface area contributed by atoms with E-state index >= 15 is 0 Å². The highest BCUT2D eigenvalue weighted by molar-refractivity contribution is 5.87. The van der Waals surface area contributed by atoms with Gasteiger partial charge in [-0.1, -0.05) is 60.7 Å². The Balaban J connectivity index is 1.55. The van der Waals surface area contributed by atoms with Crippen LogP contribution in [0.15, 0.2) is 79.3 Å². The van der Waals surface area contributed by atoms with E-state index in [1.807, 2.05) is 65.6 Å². The molecule has 0 spiro atoms. The highest BCUT2D eigenvalue weighted by Crippen LogP contribution is 2.28. The van der Waals surface area contributed by atoms with E-state index in [2.05, 4.69) is 9.97 Å². The van der Waals surface area contributed by atoms with Gasteiger partial charge in [-0.25, -0.2) is 4.98 Å². The van der Waals surface area contributed by atoms with E-state index in [4.69, 9.17) is 4.74 Å². The molecule has 1 amide bonds. The van der Waals surface area contributed by atoms with Gasteiger partial charge in [-0.2, -0.15) is 0 Å². The summed E-state index contributed by atoms with van der Waals surface area (Å²) < 4.78 is 5.96. The van der Waals surface area contributed by atoms with Gasteiger partial charge in [0.1, 0.15) is 6.10 Å². The van der Waals surface area contributed by atoms with Crippen LogP contribution < -0.4 is 4.74 Å². The molecule has 0 bridgehead atoms. The van der Waals surface area contributed by atoms with Crippen LogP contribution in [0.5, 0.6) is 5.88 Å². The molecule has 3 aromatic rings. The number of benzene rings is 2. The zero-order chi connectivity index (χ0) is 19.2. The fourth-order valence-corrected chi connectivity index (χ4v) is 3.70.